The summed E-state index contributed by atoms with van der Waals surface area (Å²) in [5.74, 6) is 2.12. The summed E-state index contributed by atoms with van der Waals surface area (Å²) < 4.78 is 0. The molecular weight excluding hydrogens is 132 g/mol. The predicted octanol–water partition coefficient (Wildman–Crippen LogP) is 2.43. The van der Waals surface area contributed by atoms with Gasteiger partial charge >= 0.3 is 0 Å². The number of hydrogen-bond donors (Lipinski definition) is 0. The first-order valence-corrected chi connectivity index (χ1v) is 4.66. The summed E-state index contributed by atoms with van der Waals surface area (Å²) >= 11 is 0. The molecule has 2 bridgehead atoms. The molecule has 0 radical (unpaired) electrons. The zero-order valence-corrected chi connectivity index (χ0v) is 6.48. The molecule has 3 fully saturated rings. The molecule has 0 aromatic heterocycles. The van der Waals surface area contributed by atoms with Gasteiger partial charge in [-0.15, -0.1) is 0 Å². The number of rotatable bonds is 0. The van der Waals surface area contributed by atoms with Crippen LogP contribution in [0.1, 0.15) is 25.7 Å². The lowest BCUT2D eigenvalue weighted by Crippen LogP contribution is -2.14. The number of fused-ring (bicyclic) bond motifs is 1. The molecule has 0 nitrogen and oxygen atoms in total. The minimum absolute atomic E-state index is 0.684. The fourth-order valence-corrected chi connectivity index (χ4v) is 3.59. The van der Waals surface area contributed by atoms with E-state index in [0.717, 1.165) is 11.8 Å². The first kappa shape index (κ1) is 5.04. The SMILES string of the molecule is C1=C=C2C=1CC1CCC23CC13. The normalized spacial score (nSPS) is 53.8. The van der Waals surface area contributed by atoms with E-state index < -0.39 is 0 Å². The average molecular weight is 142 g/mol. The molecule has 0 spiro atoms. The van der Waals surface area contributed by atoms with Crippen LogP contribution >= 0.6 is 0 Å². The van der Waals surface area contributed by atoms with Gasteiger partial charge in [-0.3, -0.25) is 0 Å². The van der Waals surface area contributed by atoms with Crippen molar-refractivity contribution in [1.29, 1.82) is 0 Å². The summed E-state index contributed by atoms with van der Waals surface area (Å²) in [4.78, 5) is 0. The van der Waals surface area contributed by atoms with Gasteiger partial charge in [-0.2, -0.15) is 0 Å². The Morgan fingerprint density at radius 3 is 3.09 bits per heavy atom. The molecular formula is C11H10. The molecule has 4 aliphatic carbocycles. The minimum atomic E-state index is 0.684. The maximum atomic E-state index is 3.29. The lowest BCUT2D eigenvalue weighted by atomic mass is 9.78. The van der Waals surface area contributed by atoms with Crippen molar-refractivity contribution in [3.63, 3.8) is 0 Å². The van der Waals surface area contributed by atoms with Crippen LogP contribution in [0.15, 0.2) is 22.6 Å². The maximum Gasteiger partial charge on any atom is 0.0204 e. The fraction of sp³-hybridized carbons (Fsp3) is 0.636. The monoisotopic (exact) mass is 142 g/mol. The Labute approximate surface area is 66.3 Å². The van der Waals surface area contributed by atoms with E-state index in [2.05, 4.69) is 11.5 Å². The van der Waals surface area contributed by atoms with E-state index >= 15 is 0 Å². The Hall–Kier alpha value is -0.700. The van der Waals surface area contributed by atoms with Crippen molar-refractivity contribution < 1.29 is 0 Å². The third-order valence-electron chi connectivity index (χ3n) is 4.27. The first-order valence-electron chi connectivity index (χ1n) is 4.66. The molecule has 0 heterocycles. The van der Waals surface area contributed by atoms with Gasteiger partial charge in [0.2, 0.25) is 0 Å². The standard InChI is InChI=1S/C11H10/c1-2-9-7(1)5-8-3-4-11(9)6-10(8)11/h8,10H,3-6H2. The second kappa shape index (κ2) is 1.18. The highest BCUT2D eigenvalue weighted by molar-refractivity contribution is 5.51. The van der Waals surface area contributed by atoms with Crippen molar-refractivity contribution in [2.45, 2.75) is 25.7 Å². The highest BCUT2D eigenvalue weighted by atomic mass is 14.7. The molecule has 4 rings (SSSR count). The zero-order valence-electron chi connectivity index (χ0n) is 6.48. The zero-order chi connectivity index (χ0) is 7.05. The lowest BCUT2D eigenvalue weighted by Gasteiger charge is -2.23. The quantitative estimate of drug-likeness (QED) is 0.456. The topological polar surface area (TPSA) is 0 Å². The molecule has 3 saturated carbocycles. The van der Waals surface area contributed by atoms with E-state index in [1.807, 2.05) is 0 Å². The van der Waals surface area contributed by atoms with Crippen LogP contribution in [0.3, 0.4) is 0 Å². The molecule has 11 heavy (non-hydrogen) atoms. The second-order valence-electron chi connectivity index (χ2n) is 4.57. The summed E-state index contributed by atoms with van der Waals surface area (Å²) in [5.41, 5.74) is 10.3. The van der Waals surface area contributed by atoms with Crippen molar-refractivity contribution in [3.05, 3.63) is 22.6 Å². The van der Waals surface area contributed by atoms with E-state index in [4.69, 9.17) is 0 Å². The molecule has 0 aliphatic heterocycles. The van der Waals surface area contributed by atoms with Gasteiger partial charge in [0.25, 0.3) is 0 Å². The van der Waals surface area contributed by atoms with Crippen LogP contribution in [-0.2, 0) is 0 Å². The number of hydrogen-bond acceptors (Lipinski definition) is 0. The van der Waals surface area contributed by atoms with Crippen molar-refractivity contribution >= 4 is 0 Å². The summed E-state index contributed by atoms with van der Waals surface area (Å²) in [5, 5.41) is 0. The molecule has 3 atom stereocenters. The van der Waals surface area contributed by atoms with Crippen LogP contribution in [0.4, 0.5) is 0 Å². The maximum absolute atomic E-state index is 3.29. The smallest absolute Gasteiger partial charge is 0.0204 e. The fourth-order valence-electron chi connectivity index (χ4n) is 3.59. The second-order valence-corrected chi connectivity index (χ2v) is 4.57. The molecule has 4 aliphatic rings. The minimum Gasteiger partial charge on any atom is -0.0654 e. The summed E-state index contributed by atoms with van der Waals surface area (Å²) in [6, 6.07) is 0. The van der Waals surface area contributed by atoms with Crippen molar-refractivity contribution in [2.24, 2.45) is 17.3 Å². The molecule has 0 heteroatoms. The number of allylic oxidation sites excluding steroid dienone is 2. The third kappa shape index (κ3) is 0.356. The molecule has 0 amide bonds. The summed E-state index contributed by atoms with van der Waals surface area (Å²) in [6.07, 6.45) is 5.79. The molecule has 0 aromatic rings. The average Bonchev–Trinajstić information content (AvgIpc) is 2.57. The largest absolute Gasteiger partial charge is 0.0654 e. The van der Waals surface area contributed by atoms with Crippen molar-refractivity contribution in [2.75, 3.05) is 0 Å². The Bertz CT molecular complexity index is 361. The summed E-state index contributed by atoms with van der Waals surface area (Å²) in [7, 11) is 0. The van der Waals surface area contributed by atoms with Crippen molar-refractivity contribution in [1.82, 2.24) is 0 Å². The van der Waals surface area contributed by atoms with Crippen LogP contribution in [0, 0.1) is 17.3 Å². The van der Waals surface area contributed by atoms with Gasteiger partial charge in [-0.05, 0) is 37.5 Å². The van der Waals surface area contributed by atoms with Gasteiger partial charge in [0, 0.05) is 16.6 Å². The van der Waals surface area contributed by atoms with Gasteiger partial charge in [-0.25, -0.2) is 0 Å². The van der Waals surface area contributed by atoms with E-state index in [9.17, 15) is 0 Å². The Morgan fingerprint density at radius 1 is 1.36 bits per heavy atom. The molecule has 0 saturated heterocycles. The Balaban J connectivity index is 2.01. The van der Waals surface area contributed by atoms with Crippen LogP contribution in [0.25, 0.3) is 0 Å². The van der Waals surface area contributed by atoms with E-state index in [-0.39, 0.29) is 0 Å². The van der Waals surface area contributed by atoms with E-state index in [1.165, 1.54) is 25.7 Å². The van der Waals surface area contributed by atoms with Gasteiger partial charge < -0.3 is 0 Å². The predicted molar refractivity (Wildman–Crippen MR) is 41.9 cm³/mol. The Kier molecular flexibility index (Phi) is 0.540. The van der Waals surface area contributed by atoms with Gasteiger partial charge in [0.15, 0.2) is 0 Å². The van der Waals surface area contributed by atoms with Crippen LogP contribution in [0.5, 0.6) is 0 Å². The van der Waals surface area contributed by atoms with E-state index in [0.29, 0.717) is 5.41 Å². The molecule has 0 aromatic carbocycles. The van der Waals surface area contributed by atoms with Gasteiger partial charge in [0.1, 0.15) is 0 Å². The molecule has 0 N–H and O–H groups in total. The van der Waals surface area contributed by atoms with Crippen LogP contribution in [0.2, 0.25) is 0 Å². The summed E-state index contributed by atoms with van der Waals surface area (Å²) in [6.45, 7) is 0. The lowest BCUT2D eigenvalue weighted by molar-refractivity contribution is 0.459. The van der Waals surface area contributed by atoms with Gasteiger partial charge in [-0.1, -0.05) is 11.5 Å². The van der Waals surface area contributed by atoms with Crippen LogP contribution in [-0.4, -0.2) is 0 Å². The van der Waals surface area contributed by atoms with E-state index in [1.54, 1.807) is 11.1 Å². The molecule has 54 valence electrons. The highest BCUT2D eigenvalue weighted by Gasteiger charge is 2.67. The first-order chi connectivity index (χ1) is 5.40. The molecule has 3 unspecified atom stereocenters. The van der Waals surface area contributed by atoms with Gasteiger partial charge in [0.05, 0.1) is 0 Å². The Morgan fingerprint density at radius 2 is 2.36 bits per heavy atom. The van der Waals surface area contributed by atoms with Crippen LogP contribution < -0.4 is 0 Å². The third-order valence-corrected chi connectivity index (χ3v) is 4.27. The highest BCUT2D eigenvalue weighted by Crippen LogP contribution is 2.75. The van der Waals surface area contributed by atoms with Crippen molar-refractivity contribution in [3.8, 4) is 0 Å².